The molecule has 0 rings (SSSR count). The van der Waals surface area contributed by atoms with Crippen LogP contribution in [0.15, 0.2) is 60.8 Å². The second-order valence-electron chi connectivity index (χ2n) is 18.2. The summed E-state index contributed by atoms with van der Waals surface area (Å²) in [6.07, 6.45) is 63.3. The maximum Gasteiger partial charge on any atom is 0.472 e. The van der Waals surface area contributed by atoms with Crippen molar-refractivity contribution < 1.29 is 43.0 Å². The van der Waals surface area contributed by atoms with Gasteiger partial charge in [0.1, 0.15) is 12.2 Å². The number of carbonyl (C=O) groups is 1. The molecule has 0 aliphatic carbocycles. The van der Waals surface area contributed by atoms with Gasteiger partial charge >= 0.3 is 13.8 Å². The van der Waals surface area contributed by atoms with E-state index in [1.165, 1.54) is 148 Å². The Labute approximate surface area is 406 Å². The zero-order valence-electron chi connectivity index (χ0n) is 42.7. The largest absolute Gasteiger partial charge is 0.472 e. The monoisotopic (exact) mass is 951 g/mol. The molecule has 3 unspecified atom stereocenters. The summed E-state index contributed by atoms with van der Waals surface area (Å²) in [5.74, 6) is -0.386. The Balaban J connectivity index is 4.05. The number of carbonyl (C=O) groups excluding carboxylic acids is 1. The Bertz CT molecular complexity index is 1220. The van der Waals surface area contributed by atoms with Crippen LogP contribution in [0.2, 0.25) is 0 Å². The minimum atomic E-state index is -4.53. The highest BCUT2D eigenvalue weighted by Crippen LogP contribution is 2.43. The van der Waals surface area contributed by atoms with Crippen LogP contribution in [0.1, 0.15) is 245 Å². The highest BCUT2D eigenvalue weighted by Gasteiger charge is 2.26. The fraction of sp³-hybridized carbons (Fsp3) is 0.804. The summed E-state index contributed by atoms with van der Waals surface area (Å²) in [5.41, 5.74) is 0. The SMILES string of the molecule is CC/C=C\C/C=C\C/C=C\C/C=C\CCCCCCCCCCCCC(=O)OC(COCCCCCCCCCCCC/C=C\CCCCCCCCCC)COP(=O)(O)OCC(O)CO. The molecule has 0 bridgehead atoms. The highest BCUT2D eigenvalue weighted by atomic mass is 31.2. The van der Waals surface area contributed by atoms with Gasteiger partial charge in [-0.1, -0.05) is 222 Å². The van der Waals surface area contributed by atoms with Crippen LogP contribution in [0.25, 0.3) is 0 Å². The van der Waals surface area contributed by atoms with Crippen molar-refractivity contribution in [2.24, 2.45) is 0 Å². The van der Waals surface area contributed by atoms with Crippen molar-refractivity contribution >= 4 is 13.8 Å². The van der Waals surface area contributed by atoms with Crippen molar-refractivity contribution in [2.45, 2.75) is 257 Å². The van der Waals surface area contributed by atoms with Gasteiger partial charge in [0.2, 0.25) is 0 Å². The third kappa shape index (κ3) is 51.5. The summed E-state index contributed by atoms with van der Waals surface area (Å²) in [6, 6.07) is 0. The Morgan fingerprint density at radius 3 is 1.32 bits per heavy atom. The van der Waals surface area contributed by atoms with E-state index in [-0.39, 0.29) is 25.6 Å². The number of esters is 1. The van der Waals surface area contributed by atoms with Gasteiger partial charge in [-0.05, 0) is 77.0 Å². The summed E-state index contributed by atoms with van der Waals surface area (Å²) in [7, 11) is -4.53. The molecule has 386 valence electrons. The second kappa shape index (κ2) is 52.5. The average molecular weight is 951 g/mol. The first-order valence-corrected chi connectivity index (χ1v) is 28.8. The number of phosphoric ester groups is 1. The van der Waals surface area contributed by atoms with E-state index < -0.39 is 33.2 Å². The van der Waals surface area contributed by atoms with E-state index in [4.69, 9.17) is 23.6 Å². The molecule has 0 aromatic heterocycles. The van der Waals surface area contributed by atoms with Crippen LogP contribution in [0, 0.1) is 0 Å². The molecule has 9 nitrogen and oxygen atoms in total. The summed E-state index contributed by atoms with van der Waals surface area (Å²) < 4.78 is 33.6. The van der Waals surface area contributed by atoms with Gasteiger partial charge in [0.15, 0.2) is 0 Å². The molecule has 0 aliphatic rings. The molecule has 0 fully saturated rings. The first-order chi connectivity index (χ1) is 32.3. The Hall–Kier alpha value is -1.84. The van der Waals surface area contributed by atoms with E-state index >= 15 is 0 Å². The summed E-state index contributed by atoms with van der Waals surface area (Å²) in [6.45, 7) is 3.43. The van der Waals surface area contributed by atoms with Crippen molar-refractivity contribution in [3.8, 4) is 0 Å². The molecule has 0 spiro atoms. The molecular formula is C56H103O9P. The number of phosphoric acid groups is 1. The maximum absolute atomic E-state index is 12.7. The lowest BCUT2D eigenvalue weighted by Crippen LogP contribution is -2.29. The number of unbranched alkanes of at least 4 members (excludes halogenated alkanes) is 28. The number of aliphatic hydroxyl groups is 2. The number of allylic oxidation sites excluding steroid dienone is 10. The highest BCUT2D eigenvalue weighted by molar-refractivity contribution is 7.47. The molecule has 0 saturated carbocycles. The van der Waals surface area contributed by atoms with Crippen LogP contribution in [-0.2, 0) is 27.9 Å². The lowest BCUT2D eigenvalue weighted by Gasteiger charge is -2.20. The molecule has 0 aromatic carbocycles. The van der Waals surface area contributed by atoms with Gasteiger partial charge in [-0.25, -0.2) is 4.57 Å². The molecule has 10 heteroatoms. The fourth-order valence-electron chi connectivity index (χ4n) is 7.58. The van der Waals surface area contributed by atoms with Gasteiger partial charge in [-0.3, -0.25) is 13.8 Å². The molecule has 0 aromatic rings. The second-order valence-corrected chi connectivity index (χ2v) is 19.7. The molecule has 0 aliphatic heterocycles. The van der Waals surface area contributed by atoms with Crippen molar-refractivity contribution in [3.05, 3.63) is 60.8 Å². The average Bonchev–Trinajstić information content (AvgIpc) is 3.31. The van der Waals surface area contributed by atoms with Crippen molar-refractivity contribution in [2.75, 3.05) is 33.0 Å². The predicted octanol–water partition coefficient (Wildman–Crippen LogP) is 16.3. The summed E-state index contributed by atoms with van der Waals surface area (Å²) in [4.78, 5) is 22.7. The van der Waals surface area contributed by atoms with Gasteiger partial charge in [0.05, 0.1) is 26.4 Å². The topological polar surface area (TPSA) is 132 Å². The maximum atomic E-state index is 12.7. The standard InChI is InChI=1S/C56H103O9P/c1-3-5-7-9-11-13-15-17-19-21-23-25-27-28-30-32-34-36-38-40-42-44-46-48-56(59)65-55(53-64-66(60,61)63-51-54(58)50-57)52-62-49-47-45-43-41-39-37-35-33-31-29-26-24-22-20-18-16-14-12-10-8-6-4-2/h5,7,11,13,17,19,22-25,54-55,57-58H,3-4,6,8-10,12,14-16,18,20-21,26-53H2,1-2H3,(H,60,61)/b7-5-,13-11-,19-17-,24-22-,25-23-. The van der Waals surface area contributed by atoms with E-state index in [2.05, 4.69) is 74.6 Å². The van der Waals surface area contributed by atoms with Gasteiger partial charge in [-0.15, -0.1) is 0 Å². The minimum absolute atomic E-state index is 0.0461. The van der Waals surface area contributed by atoms with E-state index in [1.54, 1.807) is 0 Å². The van der Waals surface area contributed by atoms with Crippen LogP contribution in [0.3, 0.4) is 0 Å². The van der Waals surface area contributed by atoms with Crippen LogP contribution in [-0.4, -0.2) is 66.3 Å². The summed E-state index contributed by atoms with van der Waals surface area (Å²) >= 11 is 0. The van der Waals surface area contributed by atoms with E-state index in [0.717, 1.165) is 77.0 Å². The lowest BCUT2D eigenvalue weighted by atomic mass is 10.0. The lowest BCUT2D eigenvalue weighted by molar-refractivity contribution is -0.154. The van der Waals surface area contributed by atoms with Crippen LogP contribution < -0.4 is 0 Å². The third-order valence-electron chi connectivity index (χ3n) is 11.7. The molecule has 3 atom stereocenters. The Morgan fingerprint density at radius 2 is 0.864 bits per heavy atom. The number of rotatable bonds is 52. The quantitative estimate of drug-likeness (QED) is 0.0236. The van der Waals surface area contributed by atoms with Gasteiger partial charge in [-0.2, -0.15) is 0 Å². The van der Waals surface area contributed by atoms with Gasteiger partial charge in [0, 0.05) is 13.0 Å². The third-order valence-corrected chi connectivity index (χ3v) is 12.6. The van der Waals surface area contributed by atoms with Gasteiger partial charge < -0.3 is 24.6 Å². The van der Waals surface area contributed by atoms with Crippen LogP contribution in [0.5, 0.6) is 0 Å². The number of hydrogen-bond acceptors (Lipinski definition) is 8. The zero-order valence-corrected chi connectivity index (χ0v) is 43.6. The van der Waals surface area contributed by atoms with Crippen LogP contribution >= 0.6 is 7.82 Å². The normalized spacial score (nSPS) is 14.2. The number of aliphatic hydroxyl groups excluding tert-OH is 2. The van der Waals surface area contributed by atoms with Crippen molar-refractivity contribution in [3.63, 3.8) is 0 Å². The van der Waals surface area contributed by atoms with Crippen molar-refractivity contribution in [1.82, 2.24) is 0 Å². The first kappa shape index (κ1) is 64.2. The Morgan fingerprint density at radius 1 is 0.485 bits per heavy atom. The molecule has 3 N–H and O–H groups in total. The zero-order chi connectivity index (χ0) is 48.1. The van der Waals surface area contributed by atoms with E-state index in [0.29, 0.717) is 6.61 Å². The molecule has 0 saturated heterocycles. The predicted molar refractivity (Wildman–Crippen MR) is 279 cm³/mol. The van der Waals surface area contributed by atoms with E-state index in [1.807, 2.05) is 0 Å². The molecule has 0 radical (unpaired) electrons. The number of ether oxygens (including phenoxy) is 2. The number of hydrogen-bond donors (Lipinski definition) is 3. The summed E-state index contributed by atoms with van der Waals surface area (Å²) in [5, 5.41) is 18.4. The molecule has 0 amide bonds. The van der Waals surface area contributed by atoms with Crippen LogP contribution in [0.4, 0.5) is 0 Å². The van der Waals surface area contributed by atoms with Gasteiger partial charge in [0.25, 0.3) is 0 Å². The molecular weight excluding hydrogens is 848 g/mol. The van der Waals surface area contributed by atoms with Crippen molar-refractivity contribution in [1.29, 1.82) is 0 Å². The molecule has 66 heavy (non-hydrogen) atoms. The van der Waals surface area contributed by atoms with E-state index in [9.17, 15) is 19.4 Å². The first-order valence-electron chi connectivity index (χ1n) is 27.3. The molecule has 0 heterocycles. The smallest absolute Gasteiger partial charge is 0.457 e. The fourth-order valence-corrected chi connectivity index (χ4v) is 8.37. The minimum Gasteiger partial charge on any atom is -0.457 e. The Kier molecular flexibility index (Phi) is 51.1.